The molecule has 0 heterocycles. The van der Waals surface area contributed by atoms with Gasteiger partial charge in [-0.25, -0.2) is 13.2 Å². The van der Waals surface area contributed by atoms with Gasteiger partial charge in [0.05, 0.1) is 17.6 Å². The minimum atomic E-state index is -3.92. The number of carbonyl (C=O) groups excluding carboxylic acids is 2. The summed E-state index contributed by atoms with van der Waals surface area (Å²) in [5, 5.41) is 2.76. The fourth-order valence-electron chi connectivity index (χ4n) is 2.55. The lowest BCUT2D eigenvalue weighted by Gasteiger charge is -2.17. The van der Waals surface area contributed by atoms with Crippen LogP contribution in [0.5, 0.6) is 0 Å². The molecule has 1 amide bonds. The van der Waals surface area contributed by atoms with E-state index in [1.807, 2.05) is 32.0 Å². The molecular formula is C20H24N2O6S. The molecule has 2 aromatic rings. The Hall–Kier alpha value is -2.75. The third-order valence-electron chi connectivity index (χ3n) is 4.35. The third kappa shape index (κ3) is 5.20. The lowest BCUT2D eigenvalue weighted by atomic mass is 10.1. The summed E-state index contributed by atoms with van der Waals surface area (Å²) in [4.78, 5) is 29.4. The number of para-hydroxylation sites is 1. The fraction of sp³-hybridized carbons (Fsp3) is 0.300. The number of hydrogen-bond acceptors (Lipinski definition) is 6. The van der Waals surface area contributed by atoms with Crippen molar-refractivity contribution in [2.24, 2.45) is 0 Å². The Labute approximate surface area is 170 Å². The van der Waals surface area contributed by atoms with Crippen molar-refractivity contribution in [2.45, 2.75) is 31.8 Å². The van der Waals surface area contributed by atoms with Crippen LogP contribution in [-0.2, 0) is 24.4 Å². The summed E-state index contributed by atoms with van der Waals surface area (Å²) >= 11 is 0. The number of esters is 1. The van der Waals surface area contributed by atoms with Crippen molar-refractivity contribution in [1.82, 2.24) is 4.47 Å². The van der Waals surface area contributed by atoms with Gasteiger partial charge in [0.15, 0.2) is 6.10 Å². The standard InChI is InChI=1S/C20H24N2O6S/c1-13-8-6-9-14(2)18(13)21-19(23)15(3)28-20(24)16-10-7-11-17(12-16)29(25,26)22(4)27-5/h6-12,15H,1-5H3,(H,21,23)/t15-/m0/s1. The highest BCUT2D eigenvalue weighted by Crippen LogP contribution is 2.20. The number of nitrogens with one attached hydrogen (secondary N) is 1. The molecule has 0 aliphatic rings. The molecule has 0 aliphatic carbocycles. The number of rotatable bonds is 7. The Kier molecular flexibility index (Phi) is 7.12. The quantitative estimate of drug-likeness (QED) is 0.546. The van der Waals surface area contributed by atoms with Crippen LogP contribution in [0.1, 0.15) is 28.4 Å². The van der Waals surface area contributed by atoms with Crippen molar-refractivity contribution >= 4 is 27.6 Å². The summed E-state index contributed by atoms with van der Waals surface area (Å²) in [5.41, 5.74) is 2.44. The molecule has 8 nitrogen and oxygen atoms in total. The molecule has 0 fully saturated rings. The SMILES string of the molecule is CON(C)S(=O)(=O)c1cccc(C(=O)O[C@@H](C)C(=O)Nc2c(C)cccc2C)c1. The van der Waals surface area contributed by atoms with E-state index in [2.05, 4.69) is 5.32 Å². The van der Waals surface area contributed by atoms with Crippen LogP contribution >= 0.6 is 0 Å². The maximum atomic E-state index is 12.4. The Balaban J connectivity index is 2.14. The van der Waals surface area contributed by atoms with Crippen LogP contribution in [-0.4, -0.2) is 45.0 Å². The molecule has 0 aromatic heterocycles. The molecule has 0 radical (unpaired) electrons. The fourth-order valence-corrected chi connectivity index (χ4v) is 3.57. The summed E-state index contributed by atoms with van der Waals surface area (Å²) < 4.78 is 30.5. The summed E-state index contributed by atoms with van der Waals surface area (Å²) in [6.07, 6.45) is -1.08. The van der Waals surface area contributed by atoms with Gasteiger partial charge < -0.3 is 10.1 Å². The highest BCUT2D eigenvalue weighted by atomic mass is 32.2. The molecule has 0 aliphatic heterocycles. The van der Waals surface area contributed by atoms with Crippen LogP contribution in [0.25, 0.3) is 0 Å². The zero-order valence-corrected chi connectivity index (χ0v) is 17.7. The van der Waals surface area contributed by atoms with E-state index in [0.29, 0.717) is 10.2 Å². The van der Waals surface area contributed by atoms with E-state index in [4.69, 9.17) is 9.57 Å². The van der Waals surface area contributed by atoms with Gasteiger partial charge in [-0.2, -0.15) is 0 Å². The number of nitrogens with zero attached hydrogens (tertiary/aromatic N) is 1. The molecule has 0 bridgehead atoms. The van der Waals surface area contributed by atoms with Gasteiger partial charge in [0.1, 0.15) is 0 Å². The second-order valence-corrected chi connectivity index (χ2v) is 8.36. The number of hydroxylamine groups is 1. The van der Waals surface area contributed by atoms with E-state index in [9.17, 15) is 18.0 Å². The number of carbonyl (C=O) groups is 2. The van der Waals surface area contributed by atoms with Crippen LogP contribution in [0.2, 0.25) is 0 Å². The smallest absolute Gasteiger partial charge is 0.338 e. The van der Waals surface area contributed by atoms with Gasteiger partial charge in [-0.3, -0.25) is 9.63 Å². The van der Waals surface area contributed by atoms with Gasteiger partial charge in [0.25, 0.3) is 15.9 Å². The second-order valence-electron chi connectivity index (χ2n) is 6.43. The molecular weight excluding hydrogens is 396 g/mol. The van der Waals surface area contributed by atoms with Crippen molar-refractivity contribution < 1.29 is 27.6 Å². The van der Waals surface area contributed by atoms with Crippen LogP contribution in [0, 0.1) is 13.8 Å². The topological polar surface area (TPSA) is 102 Å². The number of benzene rings is 2. The predicted molar refractivity (Wildman–Crippen MR) is 108 cm³/mol. The first-order valence-electron chi connectivity index (χ1n) is 8.79. The molecule has 156 valence electrons. The van der Waals surface area contributed by atoms with Crippen LogP contribution in [0.4, 0.5) is 5.69 Å². The molecule has 1 atom stereocenters. The summed E-state index contributed by atoms with van der Waals surface area (Å²) in [6.45, 7) is 5.17. The molecule has 29 heavy (non-hydrogen) atoms. The Bertz CT molecular complexity index is 999. The summed E-state index contributed by atoms with van der Waals surface area (Å²) in [7, 11) is -1.47. The van der Waals surface area contributed by atoms with Gasteiger partial charge in [-0.1, -0.05) is 28.7 Å². The van der Waals surface area contributed by atoms with E-state index in [1.54, 1.807) is 0 Å². The zero-order chi connectivity index (χ0) is 21.8. The van der Waals surface area contributed by atoms with Gasteiger partial charge >= 0.3 is 5.97 Å². The number of anilines is 1. The Morgan fingerprint density at radius 2 is 1.66 bits per heavy atom. The minimum Gasteiger partial charge on any atom is -0.449 e. The van der Waals surface area contributed by atoms with Crippen LogP contribution < -0.4 is 5.32 Å². The average Bonchev–Trinajstić information content (AvgIpc) is 2.69. The first-order chi connectivity index (χ1) is 13.6. The summed E-state index contributed by atoms with van der Waals surface area (Å²) in [5.74, 6) is -1.30. The number of ether oxygens (including phenoxy) is 1. The molecule has 0 saturated heterocycles. The van der Waals surface area contributed by atoms with E-state index < -0.39 is 28.0 Å². The molecule has 0 spiro atoms. The lowest BCUT2D eigenvalue weighted by molar-refractivity contribution is -0.123. The van der Waals surface area contributed by atoms with Crippen molar-refractivity contribution in [3.63, 3.8) is 0 Å². The Morgan fingerprint density at radius 3 is 2.24 bits per heavy atom. The summed E-state index contributed by atoms with van der Waals surface area (Å²) in [6, 6.07) is 10.9. The van der Waals surface area contributed by atoms with E-state index in [-0.39, 0.29) is 10.5 Å². The number of aryl methyl sites for hydroxylation is 2. The van der Waals surface area contributed by atoms with Crippen molar-refractivity contribution in [2.75, 3.05) is 19.5 Å². The maximum Gasteiger partial charge on any atom is 0.338 e. The molecule has 0 saturated carbocycles. The first-order valence-corrected chi connectivity index (χ1v) is 10.2. The van der Waals surface area contributed by atoms with Crippen molar-refractivity contribution in [3.8, 4) is 0 Å². The largest absolute Gasteiger partial charge is 0.449 e. The highest BCUT2D eigenvalue weighted by molar-refractivity contribution is 7.89. The number of sulfonamides is 1. The van der Waals surface area contributed by atoms with Gasteiger partial charge in [0.2, 0.25) is 0 Å². The van der Waals surface area contributed by atoms with E-state index >= 15 is 0 Å². The number of hydrogen-bond donors (Lipinski definition) is 1. The lowest BCUT2D eigenvalue weighted by Crippen LogP contribution is -2.30. The molecule has 1 N–H and O–H groups in total. The van der Waals surface area contributed by atoms with Gasteiger partial charge in [0, 0.05) is 12.7 Å². The number of amides is 1. The zero-order valence-electron chi connectivity index (χ0n) is 16.9. The normalized spacial score (nSPS) is 12.5. The van der Waals surface area contributed by atoms with Gasteiger partial charge in [-0.15, -0.1) is 0 Å². The van der Waals surface area contributed by atoms with Crippen molar-refractivity contribution in [3.05, 3.63) is 59.2 Å². The molecule has 2 rings (SSSR count). The second kappa shape index (κ2) is 9.17. The molecule has 9 heteroatoms. The minimum absolute atomic E-state index is 0.00213. The average molecular weight is 420 g/mol. The highest BCUT2D eigenvalue weighted by Gasteiger charge is 2.24. The molecule has 2 aromatic carbocycles. The first kappa shape index (κ1) is 22.5. The van der Waals surface area contributed by atoms with Crippen LogP contribution in [0.3, 0.4) is 0 Å². The predicted octanol–water partition coefficient (Wildman–Crippen LogP) is 2.67. The van der Waals surface area contributed by atoms with E-state index in [1.165, 1.54) is 45.3 Å². The van der Waals surface area contributed by atoms with Gasteiger partial charge in [-0.05, 0) is 50.1 Å². The monoisotopic (exact) mass is 420 g/mol. The van der Waals surface area contributed by atoms with E-state index in [0.717, 1.165) is 11.1 Å². The third-order valence-corrected chi connectivity index (χ3v) is 6.02. The molecule has 0 unspecified atom stereocenters. The Morgan fingerprint density at radius 1 is 1.07 bits per heavy atom. The van der Waals surface area contributed by atoms with Crippen molar-refractivity contribution in [1.29, 1.82) is 0 Å². The van der Waals surface area contributed by atoms with Crippen LogP contribution in [0.15, 0.2) is 47.4 Å². The maximum absolute atomic E-state index is 12.4.